The molecule has 0 N–H and O–H groups in total. The third kappa shape index (κ3) is 5.00. The summed E-state index contributed by atoms with van der Waals surface area (Å²) in [5.74, 6) is 0. The second-order valence-corrected chi connectivity index (χ2v) is 13.1. The monoisotopic (exact) mass is 649 g/mol. The third-order valence-electron chi connectivity index (χ3n) is 10.0. The van der Waals surface area contributed by atoms with E-state index in [1.165, 1.54) is 38.8 Å². The number of aromatic nitrogens is 1. The van der Waals surface area contributed by atoms with Gasteiger partial charge < -0.3 is 4.42 Å². The van der Waals surface area contributed by atoms with E-state index >= 15 is 0 Å². The summed E-state index contributed by atoms with van der Waals surface area (Å²) in [7, 11) is 0. The maximum Gasteiger partial charge on any atom is 0.143 e. The smallest absolute Gasteiger partial charge is 0.143 e. The van der Waals surface area contributed by atoms with E-state index in [0.717, 1.165) is 60.6 Å². The Morgan fingerprint density at radius 2 is 0.863 bits per heavy atom. The van der Waals surface area contributed by atoms with Crippen molar-refractivity contribution in [3.05, 3.63) is 188 Å². The lowest BCUT2D eigenvalue weighted by Crippen LogP contribution is -1.90. The molecule has 51 heavy (non-hydrogen) atoms. The predicted molar refractivity (Wildman–Crippen MR) is 214 cm³/mol. The van der Waals surface area contributed by atoms with Crippen LogP contribution in [0.3, 0.4) is 0 Å². The molecule has 0 aliphatic rings. The van der Waals surface area contributed by atoms with Crippen molar-refractivity contribution in [3.63, 3.8) is 0 Å². The topological polar surface area (TPSA) is 26.0 Å². The molecule has 2 aromatic heterocycles. The number of hydrogen-bond acceptors (Lipinski definition) is 2. The van der Waals surface area contributed by atoms with Gasteiger partial charge in [0, 0.05) is 38.1 Å². The second kappa shape index (κ2) is 12.0. The fourth-order valence-corrected chi connectivity index (χ4v) is 7.60. The first-order chi connectivity index (χ1) is 25.3. The molecule has 0 fully saturated rings. The molecular formula is C49H31NO. The zero-order valence-electron chi connectivity index (χ0n) is 27.8. The predicted octanol–water partition coefficient (Wildman–Crippen LogP) is 13.6. The summed E-state index contributed by atoms with van der Waals surface area (Å²) in [6.07, 6.45) is 0. The first-order valence-corrected chi connectivity index (χ1v) is 17.4. The molecule has 0 atom stereocenters. The molecule has 2 nitrogen and oxygen atoms in total. The van der Waals surface area contributed by atoms with E-state index in [9.17, 15) is 0 Å². The van der Waals surface area contributed by atoms with Gasteiger partial charge in [0.05, 0.1) is 11.2 Å². The molecule has 0 spiro atoms. The van der Waals surface area contributed by atoms with E-state index in [0.29, 0.717) is 0 Å². The number of pyridine rings is 1. The van der Waals surface area contributed by atoms with Crippen LogP contribution in [0.1, 0.15) is 0 Å². The normalized spacial score (nSPS) is 11.5. The largest absolute Gasteiger partial charge is 0.455 e. The van der Waals surface area contributed by atoms with Crippen LogP contribution in [0.15, 0.2) is 192 Å². The summed E-state index contributed by atoms with van der Waals surface area (Å²) >= 11 is 0. The lowest BCUT2D eigenvalue weighted by Gasteiger charge is -2.12. The SMILES string of the molecule is c1ccc(-c2cc(-c3ccccc3)cc(-c3ccc(-c4cccc5c4oc4ccc6c(-c7ccccc7)nc7ccccc7c6c45)cc3)c2)cc1. The number of hydrogen-bond donors (Lipinski definition) is 0. The highest BCUT2D eigenvalue weighted by Gasteiger charge is 2.19. The Morgan fingerprint density at radius 1 is 0.333 bits per heavy atom. The van der Waals surface area contributed by atoms with Gasteiger partial charge in [0.2, 0.25) is 0 Å². The van der Waals surface area contributed by atoms with E-state index in [4.69, 9.17) is 9.40 Å². The molecule has 0 saturated heterocycles. The van der Waals surface area contributed by atoms with Crippen molar-refractivity contribution in [3.8, 4) is 55.8 Å². The van der Waals surface area contributed by atoms with Crippen molar-refractivity contribution in [2.45, 2.75) is 0 Å². The van der Waals surface area contributed by atoms with Gasteiger partial charge in [0.15, 0.2) is 0 Å². The number of furan rings is 1. The fourth-order valence-electron chi connectivity index (χ4n) is 7.60. The number of rotatable bonds is 5. The van der Waals surface area contributed by atoms with Gasteiger partial charge in [-0.3, -0.25) is 0 Å². The highest BCUT2D eigenvalue weighted by molar-refractivity contribution is 6.29. The number of para-hydroxylation sites is 2. The van der Waals surface area contributed by atoms with E-state index < -0.39 is 0 Å². The molecule has 10 rings (SSSR count). The van der Waals surface area contributed by atoms with E-state index in [2.05, 4.69) is 182 Å². The van der Waals surface area contributed by atoms with Crippen LogP contribution < -0.4 is 0 Å². The zero-order valence-corrected chi connectivity index (χ0v) is 27.8. The van der Waals surface area contributed by atoms with Crippen LogP contribution in [0.4, 0.5) is 0 Å². The van der Waals surface area contributed by atoms with Gasteiger partial charge in [-0.25, -0.2) is 4.98 Å². The van der Waals surface area contributed by atoms with Crippen LogP contribution in [0.25, 0.3) is 99.4 Å². The molecule has 2 heterocycles. The fraction of sp³-hybridized carbons (Fsp3) is 0. The quantitative estimate of drug-likeness (QED) is 0.173. The van der Waals surface area contributed by atoms with Crippen LogP contribution in [0.5, 0.6) is 0 Å². The third-order valence-corrected chi connectivity index (χ3v) is 10.0. The number of benzene rings is 8. The van der Waals surface area contributed by atoms with E-state index in [-0.39, 0.29) is 0 Å². The van der Waals surface area contributed by atoms with Crippen molar-refractivity contribution in [2.24, 2.45) is 0 Å². The highest BCUT2D eigenvalue weighted by atomic mass is 16.3. The van der Waals surface area contributed by atoms with Gasteiger partial charge in [-0.1, -0.05) is 152 Å². The van der Waals surface area contributed by atoms with Crippen molar-refractivity contribution in [1.82, 2.24) is 4.98 Å². The molecule has 0 bridgehead atoms. The lowest BCUT2D eigenvalue weighted by atomic mass is 9.92. The standard InChI is InChI=1S/C49H31NO/c1-4-13-32(14-5-1)37-29-38(33-15-6-2-7-16-33)31-39(30-37)34-23-25-35(26-24-34)40-20-12-21-43-47-45(51-49(40)43)28-27-42-46(47)41-19-10-11-22-44(41)50-48(42)36-17-8-3-9-18-36/h1-31H. The van der Waals surface area contributed by atoms with Gasteiger partial charge in [-0.05, 0) is 75.3 Å². The molecule has 0 saturated carbocycles. The van der Waals surface area contributed by atoms with Gasteiger partial charge in [0.25, 0.3) is 0 Å². The van der Waals surface area contributed by atoms with Gasteiger partial charge in [0.1, 0.15) is 11.2 Å². The Bertz CT molecular complexity index is 2810. The van der Waals surface area contributed by atoms with Crippen molar-refractivity contribution in [2.75, 3.05) is 0 Å². The lowest BCUT2D eigenvalue weighted by molar-refractivity contribution is 0.670. The summed E-state index contributed by atoms with van der Waals surface area (Å²) in [6, 6.07) is 66.7. The molecule has 10 aromatic rings. The summed E-state index contributed by atoms with van der Waals surface area (Å²) < 4.78 is 6.76. The van der Waals surface area contributed by atoms with E-state index in [1.54, 1.807) is 0 Å². The average Bonchev–Trinajstić information content (AvgIpc) is 3.61. The molecule has 0 amide bonds. The van der Waals surface area contributed by atoms with Gasteiger partial charge in [-0.2, -0.15) is 0 Å². The Morgan fingerprint density at radius 3 is 1.51 bits per heavy atom. The van der Waals surface area contributed by atoms with Crippen LogP contribution in [-0.2, 0) is 0 Å². The summed E-state index contributed by atoms with van der Waals surface area (Å²) in [5.41, 5.74) is 14.2. The van der Waals surface area contributed by atoms with Gasteiger partial charge in [-0.15, -0.1) is 0 Å². The minimum atomic E-state index is 0.878. The van der Waals surface area contributed by atoms with Crippen LogP contribution in [0.2, 0.25) is 0 Å². The Labute approximate surface area is 295 Å². The summed E-state index contributed by atoms with van der Waals surface area (Å²) in [6.45, 7) is 0. The van der Waals surface area contributed by atoms with Crippen LogP contribution >= 0.6 is 0 Å². The molecule has 2 heteroatoms. The first-order valence-electron chi connectivity index (χ1n) is 17.4. The van der Waals surface area contributed by atoms with Gasteiger partial charge >= 0.3 is 0 Å². The Hall–Kier alpha value is -6.77. The minimum Gasteiger partial charge on any atom is -0.455 e. The molecule has 0 unspecified atom stereocenters. The molecule has 0 aliphatic carbocycles. The van der Waals surface area contributed by atoms with E-state index in [1.807, 2.05) is 6.07 Å². The zero-order chi connectivity index (χ0) is 33.7. The maximum atomic E-state index is 6.76. The first kappa shape index (κ1) is 29.2. The number of fused-ring (bicyclic) bond motifs is 7. The number of nitrogens with zero attached hydrogens (tertiary/aromatic N) is 1. The molecule has 0 aliphatic heterocycles. The molecular weight excluding hydrogens is 619 g/mol. The maximum absolute atomic E-state index is 6.76. The Balaban J connectivity index is 1.12. The second-order valence-electron chi connectivity index (χ2n) is 13.1. The summed E-state index contributed by atoms with van der Waals surface area (Å²) in [4.78, 5) is 5.16. The van der Waals surface area contributed by atoms with Crippen molar-refractivity contribution < 1.29 is 4.42 Å². The minimum absolute atomic E-state index is 0.878. The molecule has 0 radical (unpaired) electrons. The summed E-state index contributed by atoms with van der Waals surface area (Å²) in [5, 5.41) is 5.66. The highest BCUT2D eigenvalue weighted by Crippen LogP contribution is 2.43. The molecule has 238 valence electrons. The van der Waals surface area contributed by atoms with Crippen LogP contribution in [0, 0.1) is 0 Å². The Kier molecular flexibility index (Phi) is 6.85. The van der Waals surface area contributed by atoms with Crippen LogP contribution in [-0.4, -0.2) is 4.98 Å². The van der Waals surface area contributed by atoms with Crippen molar-refractivity contribution >= 4 is 43.6 Å². The molecule has 8 aromatic carbocycles. The van der Waals surface area contributed by atoms with Crippen molar-refractivity contribution in [1.29, 1.82) is 0 Å². The average molecular weight is 650 g/mol.